The molecule has 5 heteroatoms. The lowest BCUT2D eigenvalue weighted by Gasteiger charge is -2.34. The molecule has 0 radical (unpaired) electrons. The molecule has 0 bridgehead atoms. The van der Waals surface area contributed by atoms with Gasteiger partial charge in [-0.3, -0.25) is 4.99 Å². The van der Waals surface area contributed by atoms with Gasteiger partial charge >= 0.3 is 0 Å². The van der Waals surface area contributed by atoms with Crippen LogP contribution in [0.5, 0.6) is 0 Å². The minimum atomic E-state index is 0.266. The second-order valence-electron chi connectivity index (χ2n) is 6.80. The fourth-order valence-electron chi connectivity index (χ4n) is 3.31. The Morgan fingerprint density at radius 1 is 1.23 bits per heavy atom. The molecule has 1 saturated heterocycles. The summed E-state index contributed by atoms with van der Waals surface area (Å²) in [5.41, 5.74) is 0. The highest BCUT2D eigenvalue weighted by atomic mass is 32.2. The van der Waals surface area contributed by atoms with Crippen molar-refractivity contribution in [3.8, 4) is 0 Å². The van der Waals surface area contributed by atoms with Crippen molar-refractivity contribution in [2.24, 2.45) is 10.9 Å². The van der Waals surface area contributed by atoms with Crippen LogP contribution >= 0.6 is 11.8 Å². The van der Waals surface area contributed by atoms with Crippen molar-refractivity contribution in [3.63, 3.8) is 0 Å². The highest BCUT2D eigenvalue weighted by Gasteiger charge is 2.31. The normalized spacial score (nSPS) is 29.1. The molecule has 0 aromatic rings. The second kappa shape index (κ2) is 9.02. The topological polar surface area (TPSA) is 45.7 Å². The van der Waals surface area contributed by atoms with Crippen LogP contribution in [0.3, 0.4) is 0 Å². The van der Waals surface area contributed by atoms with Crippen LogP contribution in [0.25, 0.3) is 0 Å². The highest BCUT2D eigenvalue weighted by Crippen LogP contribution is 2.34. The van der Waals surface area contributed by atoms with E-state index in [0.717, 1.165) is 51.0 Å². The summed E-state index contributed by atoms with van der Waals surface area (Å²) in [5, 5.41) is 7.08. The molecule has 0 atom stereocenters. The van der Waals surface area contributed by atoms with Gasteiger partial charge in [-0.15, -0.1) is 0 Å². The number of thioether (sulfide) groups is 1. The Morgan fingerprint density at radius 3 is 2.50 bits per heavy atom. The van der Waals surface area contributed by atoms with Crippen molar-refractivity contribution in [1.29, 1.82) is 0 Å². The summed E-state index contributed by atoms with van der Waals surface area (Å²) in [6.45, 7) is 8.06. The van der Waals surface area contributed by atoms with Gasteiger partial charge in [0.25, 0.3) is 0 Å². The van der Waals surface area contributed by atoms with E-state index in [1.165, 1.54) is 25.7 Å². The van der Waals surface area contributed by atoms with Gasteiger partial charge in [-0.1, -0.05) is 6.92 Å². The molecule has 0 spiro atoms. The molecule has 22 heavy (non-hydrogen) atoms. The summed E-state index contributed by atoms with van der Waals surface area (Å²) in [5.74, 6) is 1.89. The van der Waals surface area contributed by atoms with Gasteiger partial charge < -0.3 is 15.4 Å². The average Bonchev–Trinajstić information content (AvgIpc) is 2.56. The predicted molar refractivity (Wildman–Crippen MR) is 96.8 cm³/mol. The van der Waals surface area contributed by atoms with Gasteiger partial charge in [0.1, 0.15) is 0 Å². The summed E-state index contributed by atoms with van der Waals surface area (Å²) in [6.07, 6.45) is 9.65. The Morgan fingerprint density at radius 2 is 1.91 bits per heavy atom. The molecule has 0 aromatic carbocycles. The minimum absolute atomic E-state index is 0.266. The van der Waals surface area contributed by atoms with Crippen molar-refractivity contribution in [1.82, 2.24) is 10.6 Å². The molecule has 4 nitrogen and oxygen atoms in total. The fraction of sp³-hybridized carbons (Fsp3) is 0.941. The van der Waals surface area contributed by atoms with Crippen molar-refractivity contribution in [2.45, 2.75) is 63.2 Å². The van der Waals surface area contributed by atoms with Gasteiger partial charge in [-0.2, -0.15) is 11.8 Å². The molecule has 1 aliphatic carbocycles. The third-order valence-electron chi connectivity index (χ3n) is 5.06. The zero-order valence-electron chi connectivity index (χ0n) is 14.5. The van der Waals surface area contributed by atoms with Crippen molar-refractivity contribution in [2.75, 3.05) is 32.6 Å². The van der Waals surface area contributed by atoms with Gasteiger partial charge in [0, 0.05) is 30.5 Å². The van der Waals surface area contributed by atoms with Gasteiger partial charge in [-0.25, -0.2) is 0 Å². The maximum absolute atomic E-state index is 5.52. The monoisotopic (exact) mass is 327 g/mol. The molecular formula is C17H33N3OS. The van der Waals surface area contributed by atoms with Crippen LogP contribution in [-0.2, 0) is 4.74 Å². The molecule has 0 amide bonds. The molecule has 1 heterocycles. The zero-order valence-corrected chi connectivity index (χ0v) is 15.3. The van der Waals surface area contributed by atoms with Crippen LogP contribution < -0.4 is 10.6 Å². The fourth-order valence-corrected chi connectivity index (χ4v) is 4.08. The third kappa shape index (κ3) is 5.34. The van der Waals surface area contributed by atoms with E-state index in [2.05, 4.69) is 30.7 Å². The first-order valence-corrected chi connectivity index (χ1v) is 10.1. The molecule has 2 rings (SSSR count). The van der Waals surface area contributed by atoms with Crippen LogP contribution in [0.1, 0.15) is 52.4 Å². The summed E-state index contributed by atoms with van der Waals surface area (Å²) in [7, 11) is 0. The number of hydrogen-bond donors (Lipinski definition) is 2. The van der Waals surface area contributed by atoms with E-state index in [0.29, 0.717) is 6.04 Å². The Bertz CT molecular complexity index is 348. The molecule has 1 aliphatic heterocycles. The number of ether oxygens (including phenoxy) is 1. The summed E-state index contributed by atoms with van der Waals surface area (Å²) in [6, 6.07) is 0.592. The smallest absolute Gasteiger partial charge is 0.191 e. The molecule has 128 valence electrons. The molecular weight excluding hydrogens is 294 g/mol. The number of rotatable bonds is 5. The van der Waals surface area contributed by atoms with Gasteiger partial charge in [0.2, 0.25) is 0 Å². The first kappa shape index (κ1) is 17.9. The van der Waals surface area contributed by atoms with Crippen LogP contribution in [0.2, 0.25) is 0 Å². The summed E-state index contributed by atoms with van der Waals surface area (Å²) < 4.78 is 5.78. The van der Waals surface area contributed by atoms with E-state index in [9.17, 15) is 0 Å². The lowest BCUT2D eigenvalue weighted by Crippen LogP contribution is -2.46. The maximum atomic E-state index is 5.52. The van der Waals surface area contributed by atoms with Crippen LogP contribution in [0, 0.1) is 5.92 Å². The van der Waals surface area contributed by atoms with E-state index in [-0.39, 0.29) is 4.75 Å². The van der Waals surface area contributed by atoms with Crippen LogP contribution in [0.15, 0.2) is 4.99 Å². The third-order valence-corrected chi connectivity index (χ3v) is 6.47. The number of guanidine groups is 1. The quantitative estimate of drug-likeness (QED) is 0.602. The predicted octanol–water partition coefficient (Wildman–Crippen LogP) is 3.03. The summed E-state index contributed by atoms with van der Waals surface area (Å²) in [4.78, 5) is 4.91. The Balaban J connectivity index is 1.91. The van der Waals surface area contributed by atoms with Gasteiger partial charge in [0.05, 0.1) is 6.54 Å². The highest BCUT2D eigenvalue weighted by molar-refractivity contribution is 8.00. The average molecular weight is 328 g/mol. The molecule has 0 unspecified atom stereocenters. The van der Waals surface area contributed by atoms with E-state index in [4.69, 9.17) is 9.73 Å². The maximum Gasteiger partial charge on any atom is 0.191 e. The van der Waals surface area contributed by atoms with Gasteiger partial charge in [-0.05, 0) is 57.6 Å². The second-order valence-corrected chi connectivity index (χ2v) is 8.07. The van der Waals surface area contributed by atoms with Crippen molar-refractivity contribution in [3.05, 3.63) is 0 Å². The first-order chi connectivity index (χ1) is 10.7. The zero-order chi connectivity index (χ0) is 15.8. The Labute approximate surface area is 140 Å². The van der Waals surface area contributed by atoms with E-state index < -0.39 is 0 Å². The number of aliphatic imine (C=N–C) groups is 1. The van der Waals surface area contributed by atoms with Crippen LogP contribution in [-0.4, -0.2) is 49.3 Å². The van der Waals surface area contributed by atoms with E-state index in [1.807, 2.05) is 11.8 Å². The Hall–Kier alpha value is -0.420. The van der Waals surface area contributed by atoms with Gasteiger partial charge in [0.15, 0.2) is 5.96 Å². The minimum Gasteiger partial charge on any atom is -0.381 e. The molecule has 1 saturated carbocycles. The lowest BCUT2D eigenvalue weighted by molar-refractivity contribution is 0.0794. The summed E-state index contributed by atoms with van der Waals surface area (Å²) >= 11 is 1.96. The lowest BCUT2D eigenvalue weighted by atomic mass is 9.87. The molecule has 2 aliphatic rings. The van der Waals surface area contributed by atoms with E-state index >= 15 is 0 Å². The van der Waals surface area contributed by atoms with E-state index in [1.54, 1.807) is 0 Å². The van der Waals surface area contributed by atoms with Crippen molar-refractivity contribution < 1.29 is 4.74 Å². The number of nitrogens with zero attached hydrogens (tertiary/aromatic N) is 1. The molecule has 2 N–H and O–H groups in total. The molecule has 2 fully saturated rings. The largest absolute Gasteiger partial charge is 0.381 e. The van der Waals surface area contributed by atoms with Crippen LogP contribution in [0.4, 0.5) is 0 Å². The standard InChI is InChI=1S/C17H33N3OS/c1-4-18-16(20-15-7-5-14(2)6-8-15)19-13-17(22-3)9-11-21-12-10-17/h14-15H,4-13H2,1-3H3,(H2,18,19,20). The Kier molecular flexibility index (Phi) is 7.35. The number of hydrogen-bond acceptors (Lipinski definition) is 3. The SMILES string of the molecule is CCNC(=NCC1(SC)CCOCC1)NC1CCC(C)CC1. The number of nitrogens with one attached hydrogen (secondary N) is 2. The molecule has 0 aromatic heterocycles. The first-order valence-electron chi connectivity index (χ1n) is 8.85. The van der Waals surface area contributed by atoms with Crippen molar-refractivity contribution >= 4 is 17.7 Å².